The first-order valence-electron chi connectivity index (χ1n) is 6.47. The van der Waals surface area contributed by atoms with Crippen molar-refractivity contribution in [2.75, 3.05) is 25.5 Å². The molecule has 0 bridgehead atoms. The van der Waals surface area contributed by atoms with E-state index in [2.05, 4.69) is 12.2 Å². The third kappa shape index (κ3) is 5.34. The zero-order chi connectivity index (χ0) is 14.3. The van der Waals surface area contributed by atoms with Gasteiger partial charge in [-0.15, -0.1) is 0 Å². The number of nitrogens with zero attached hydrogens (tertiary/aromatic N) is 1. The van der Waals surface area contributed by atoms with Crippen LogP contribution >= 0.6 is 0 Å². The standard InChI is InChI=1S/C14H20F2N2O/c1-3-4-9-18(2)10-8-13(19)17-14-11(15)6-5-7-12(14)16/h5-7H,3-4,8-10H2,1-2H3,(H,17,19). The lowest BCUT2D eigenvalue weighted by atomic mass is 10.2. The lowest BCUT2D eigenvalue weighted by molar-refractivity contribution is -0.116. The molecule has 0 radical (unpaired) electrons. The summed E-state index contributed by atoms with van der Waals surface area (Å²) >= 11 is 0. The Bertz CT molecular complexity index is 404. The van der Waals surface area contributed by atoms with Gasteiger partial charge in [0.1, 0.15) is 17.3 Å². The van der Waals surface area contributed by atoms with E-state index in [1.807, 2.05) is 11.9 Å². The van der Waals surface area contributed by atoms with E-state index in [-0.39, 0.29) is 18.0 Å². The van der Waals surface area contributed by atoms with Gasteiger partial charge in [-0.1, -0.05) is 19.4 Å². The number of hydrogen-bond acceptors (Lipinski definition) is 2. The molecule has 0 unspecified atom stereocenters. The number of carbonyl (C=O) groups excluding carboxylic acids is 1. The van der Waals surface area contributed by atoms with Gasteiger partial charge in [-0.25, -0.2) is 8.78 Å². The fourth-order valence-corrected chi connectivity index (χ4v) is 1.65. The molecular weight excluding hydrogens is 250 g/mol. The van der Waals surface area contributed by atoms with Crippen LogP contribution in [0.3, 0.4) is 0 Å². The molecule has 0 fully saturated rings. The fraction of sp³-hybridized carbons (Fsp3) is 0.500. The van der Waals surface area contributed by atoms with E-state index in [9.17, 15) is 13.6 Å². The molecule has 0 aliphatic rings. The summed E-state index contributed by atoms with van der Waals surface area (Å²) in [7, 11) is 1.92. The first kappa shape index (κ1) is 15.6. The number of hydrogen-bond donors (Lipinski definition) is 1. The van der Waals surface area contributed by atoms with Gasteiger partial charge in [-0.05, 0) is 32.1 Å². The van der Waals surface area contributed by atoms with Crippen molar-refractivity contribution in [2.45, 2.75) is 26.2 Å². The van der Waals surface area contributed by atoms with Crippen molar-refractivity contribution < 1.29 is 13.6 Å². The number of nitrogens with one attached hydrogen (secondary N) is 1. The highest BCUT2D eigenvalue weighted by molar-refractivity contribution is 5.91. The maximum atomic E-state index is 13.3. The normalized spacial score (nSPS) is 10.8. The second-order valence-corrected chi connectivity index (χ2v) is 4.55. The minimum absolute atomic E-state index is 0.216. The van der Waals surface area contributed by atoms with E-state index in [1.165, 1.54) is 6.07 Å². The number of amides is 1. The first-order valence-corrected chi connectivity index (χ1v) is 6.47. The minimum Gasteiger partial charge on any atom is -0.321 e. The number of anilines is 1. The van der Waals surface area contributed by atoms with E-state index >= 15 is 0 Å². The summed E-state index contributed by atoms with van der Waals surface area (Å²) in [5.74, 6) is -1.90. The predicted octanol–water partition coefficient (Wildman–Crippen LogP) is 3.03. The van der Waals surface area contributed by atoms with Crippen LogP contribution in [-0.4, -0.2) is 30.9 Å². The van der Waals surface area contributed by atoms with Crippen molar-refractivity contribution >= 4 is 11.6 Å². The fourth-order valence-electron chi connectivity index (χ4n) is 1.65. The molecule has 0 saturated carbocycles. The molecule has 1 aromatic rings. The molecule has 0 aromatic heterocycles. The van der Waals surface area contributed by atoms with Gasteiger partial charge < -0.3 is 10.2 Å². The average molecular weight is 270 g/mol. The van der Waals surface area contributed by atoms with Crippen LogP contribution in [0.25, 0.3) is 0 Å². The van der Waals surface area contributed by atoms with Crippen LogP contribution in [-0.2, 0) is 4.79 Å². The Morgan fingerprint density at radius 1 is 1.26 bits per heavy atom. The molecule has 0 aliphatic heterocycles. The zero-order valence-electron chi connectivity index (χ0n) is 11.4. The van der Waals surface area contributed by atoms with Crippen molar-refractivity contribution in [1.29, 1.82) is 0 Å². The van der Waals surface area contributed by atoms with E-state index in [0.717, 1.165) is 31.5 Å². The largest absolute Gasteiger partial charge is 0.321 e. The van der Waals surface area contributed by atoms with Crippen LogP contribution in [0.1, 0.15) is 26.2 Å². The van der Waals surface area contributed by atoms with Crippen molar-refractivity contribution in [1.82, 2.24) is 4.90 Å². The van der Waals surface area contributed by atoms with Crippen LogP contribution in [0.15, 0.2) is 18.2 Å². The molecule has 1 N–H and O–H groups in total. The Balaban J connectivity index is 2.43. The molecule has 0 saturated heterocycles. The zero-order valence-corrected chi connectivity index (χ0v) is 11.4. The number of carbonyl (C=O) groups is 1. The molecular formula is C14H20F2N2O. The maximum Gasteiger partial charge on any atom is 0.225 e. The summed E-state index contributed by atoms with van der Waals surface area (Å²) in [5.41, 5.74) is -0.372. The number of para-hydroxylation sites is 1. The lowest BCUT2D eigenvalue weighted by Gasteiger charge is -2.15. The molecule has 0 atom stereocenters. The average Bonchev–Trinajstić information content (AvgIpc) is 2.38. The van der Waals surface area contributed by atoms with Crippen molar-refractivity contribution in [2.24, 2.45) is 0 Å². The second-order valence-electron chi connectivity index (χ2n) is 4.55. The van der Waals surface area contributed by atoms with E-state index in [0.29, 0.717) is 6.54 Å². The lowest BCUT2D eigenvalue weighted by Crippen LogP contribution is -2.25. The quantitative estimate of drug-likeness (QED) is 0.826. The Kier molecular flexibility index (Phi) is 6.42. The summed E-state index contributed by atoms with van der Waals surface area (Å²) < 4.78 is 26.6. The highest BCUT2D eigenvalue weighted by Gasteiger charge is 2.12. The summed E-state index contributed by atoms with van der Waals surface area (Å²) in [5, 5.41) is 2.27. The van der Waals surface area contributed by atoms with Gasteiger partial charge in [-0.2, -0.15) is 0 Å². The van der Waals surface area contributed by atoms with Crippen LogP contribution in [0.2, 0.25) is 0 Å². The van der Waals surface area contributed by atoms with Gasteiger partial charge in [-0.3, -0.25) is 4.79 Å². The van der Waals surface area contributed by atoms with E-state index in [1.54, 1.807) is 0 Å². The number of halogens is 2. The van der Waals surface area contributed by atoms with Crippen LogP contribution < -0.4 is 5.32 Å². The molecule has 3 nitrogen and oxygen atoms in total. The Morgan fingerprint density at radius 3 is 2.47 bits per heavy atom. The van der Waals surface area contributed by atoms with Gasteiger partial charge in [0.05, 0.1) is 0 Å². The third-order valence-electron chi connectivity index (χ3n) is 2.84. The highest BCUT2D eigenvalue weighted by atomic mass is 19.1. The summed E-state index contributed by atoms with van der Waals surface area (Å²) in [6, 6.07) is 3.50. The molecule has 1 rings (SSSR count). The summed E-state index contributed by atoms with van der Waals surface area (Å²) in [6.07, 6.45) is 2.38. The van der Waals surface area contributed by atoms with Crippen molar-refractivity contribution in [3.8, 4) is 0 Å². The monoisotopic (exact) mass is 270 g/mol. The number of rotatable bonds is 7. The topological polar surface area (TPSA) is 32.3 Å². The van der Waals surface area contributed by atoms with Gasteiger partial charge in [0.25, 0.3) is 0 Å². The molecule has 106 valence electrons. The van der Waals surface area contributed by atoms with Gasteiger partial charge >= 0.3 is 0 Å². The second kappa shape index (κ2) is 7.84. The highest BCUT2D eigenvalue weighted by Crippen LogP contribution is 2.18. The van der Waals surface area contributed by atoms with Crippen LogP contribution in [0, 0.1) is 11.6 Å². The first-order chi connectivity index (χ1) is 9.04. The van der Waals surface area contributed by atoms with Gasteiger partial charge in [0.15, 0.2) is 0 Å². The van der Waals surface area contributed by atoms with Crippen molar-refractivity contribution in [3.05, 3.63) is 29.8 Å². The van der Waals surface area contributed by atoms with E-state index in [4.69, 9.17) is 0 Å². The molecule has 1 amide bonds. The summed E-state index contributed by atoms with van der Waals surface area (Å²) in [6.45, 7) is 3.58. The van der Waals surface area contributed by atoms with Crippen LogP contribution in [0.5, 0.6) is 0 Å². The summed E-state index contributed by atoms with van der Waals surface area (Å²) in [4.78, 5) is 13.7. The Labute approximate surface area is 112 Å². The smallest absolute Gasteiger partial charge is 0.225 e. The predicted molar refractivity (Wildman–Crippen MR) is 72.0 cm³/mol. The molecule has 0 aliphatic carbocycles. The molecule has 19 heavy (non-hydrogen) atoms. The molecule has 0 heterocycles. The molecule has 0 spiro atoms. The van der Waals surface area contributed by atoms with Crippen LogP contribution in [0.4, 0.5) is 14.5 Å². The molecule has 1 aromatic carbocycles. The maximum absolute atomic E-state index is 13.3. The number of benzene rings is 1. The van der Waals surface area contributed by atoms with Gasteiger partial charge in [0.2, 0.25) is 5.91 Å². The Hall–Kier alpha value is -1.49. The van der Waals surface area contributed by atoms with Gasteiger partial charge in [0, 0.05) is 13.0 Å². The third-order valence-corrected chi connectivity index (χ3v) is 2.84. The minimum atomic E-state index is -0.757. The van der Waals surface area contributed by atoms with Crippen molar-refractivity contribution in [3.63, 3.8) is 0 Å². The van der Waals surface area contributed by atoms with E-state index < -0.39 is 11.6 Å². The Morgan fingerprint density at radius 2 is 1.89 bits per heavy atom. The number of unbranched alkanes of at least 4 members (excludes halogenated alkanes) is 1. The molecule has 5 heteroatoms. The SMILES string of the molecule is CCCCN(C)CCC(=O)Nc1c(F)cccc1F.